The van der Waals surface area contributed by atoms with Gasteiger partial charge in [-0.3, -0.25) is 4.79 Å². The first-order chi connectivity index (χ1) is 7.18. The van der Waals surface area contributed by atoms with Crippen molar-refractivity contribution in [2.45, 2.75) is 33.1 Å². The highest BCUT2D eigenvalue weighted by atomic mass is 16.3. The van der Waals surface area contributed by atoms with E-state index in [-0.39, 0.29) is 11.7 Å². The van der Waals surface area contributed by atoms with Crippen molar-refractivity contribution in [3.63, 3.8) is 0 Å². The number of ketones is 1. The molecule has 0 aromatic carbocycles. The number of hydrogen-bond acceptors (Lipinski definition) is 2. The molecule has 0 N–H and O–H groups in total. The standard InChI is InChI=1S/C13H18O2/c1-9-5-6-11(8-10(9)2)13(14)12-4-3-7-15-12/h3-4,7,9-11H,5-6,8H2,1-2H3. The molecule has 82 valence electrons. The molecule has 0 bridgehead atoms. The fourth-order valence-electron chi connectivity index (χ4n) is 2.41. The molecule has 1 heterocycles. The van der Waals surface area contributed by atoms with Gasteiger partial charge in [-0.2, -0.15) is 0 Å². The number of hydrogen-bond donors (Lipinski definition) is 0. The lowest BCUT2D eigenvalue weighted by Gasteiger charge is -2.30. The monoisotopic (exact) mass is 206 g/mol. The summed E-state index contributed by atoms with van der Waals surface area (Å²) in [5.41, 5.74) is 0. The lowest BCUT2D eigenvalue weighted by molar-refractivity contribution is 0.0808. The largest absolute Gasteiger partial charge is 0.461 e. The molecule has 2 nitrogen and oxygen atoms in total. The Kier molecular flexibility index (Phi) is 2.94. The Bertz CT molecular complexity index is 326. The van der Waals surface area contributed by atoms with E-state index >= 15 is 0 Å². The van der Waals surface area contributed by atoms with Crippen molar-refractivity contribution in [1.29, 1.82) is 0 Å². The summed E-state index contributed by atoms with van der Waals surface area (Å²) < 4.78 is 5.16. The number of rotatable bonds is 2. The average molecular weight is 206 g/mol. The zero-order valence-electron chi connectivity index (χ0n) is 9.40. The van der Waals surface area contributed by atoms with Gasteiger partial charge in [0.15, 0.2) is 5.76 Å². The van der Waals surface area contributed by atoms with Gasteiger partial charge in [0.2, 0.25) is 5.78 Å². The van der Waals surface area contributed by atoms with Crippen LogP contribution in [-0.4, -0.2) is 5.78 Å². The summed E-state index contributed by atoms with van der Waals surface area (Å²) in [5.74, 6) is 2.32. The van der Waals surface area contributed by atoms with Crippen LogP contribution in [0.2, 0.25) is 0 Å². The molecular weight excluding hydrogens is 188 g/mol. The first kappa shape index (κ1) is 10.5. The molecule has 1 aromatic heterocycles. The van der Waals surface area contributed by atoms with Gasteiger partial charge in [0.1, 0.15) is 0 Å². The third kappa shape index (κ3) is 2.14. The molecule has 0 aliphatic heterocycles. The molecule has 0 radical (unpaired) electrons. The third-order valence-electron chi connectivity index (χ3n) is 3.73. The predicted octanol–water partition coefficient (Wildman–Crippen LogP) is 3.53. The first-order valence-corrected chi connectivity index (χ1v) is 5.76. The van der Waals surface area contributed by atoms with Crippen LogP contribution in [0.1, 0.15) is 43.7 Å². The van der Waals surface area contributed by atoms with Crippen LogP contribution in [-0.2, 0) is 0 Å². The third-order valence-corrected chi connectivity index (χ3v) is 3.73. The van der Waals surface area contributed by atoms with Crippen molar-refractivity contribution < 1.29 is 9.21 Å². The molecule has 3 unspecified atom stereocenters. The molecule has 0 saturated heterocycles. The van der Waals surface area contributed by atoms with Crippen LogP contribution in [0, 0.1) is 17.8 Å². The van der Waals surface area contributed by atoms with Gasteiger partial charge in [0, 0.05) is 5.92 Å². The number of carbonyl (C=O) groups excluding carboxylic acids is 1. The van der Waals surface area contributed by atoms with E-state index in [9.17, 15) is 4.79 Å². The minimum Gasteiger partial charge on any atom is -0.461 e. The number of Topliss-reactive ketones (excluding diaryl/α,β-unsaturated/α-hetero) is 1. The van der Waals surface area contributed by atoms with E-state index in [0.29, 0.717) is 11.7 Å². The molecule has 15 heavy (non-hydrogen) atoms. The maximum absolute atomic E-state index is 12.0. The Labute approximate surface area is 90.7 Å². The molecule has 1 aromatic rings. The second-order valence-electron chi connectivity index (χ2n) is 4.81. The molecule has 2 heteroatoms. The van der Waals surface area contributed by atoms with Crippen LogP contribution < -0.4 is 0 Å². The predicted molar refractivity (Wildman–Crippen MR) is 58.7 cm³/mol. The molecule has 1 aliphatic carbocycles. The van der Waals surface area contributed by atoms with Gasteiger partial charge < -0.3 is 4.42 Å². The SMILES string of the molecule is CC1CCC(C(=O)c2ccco2)CC1C. The van der Waals surface area contributed by atoms with E-state index in [2.05, 4.69) is 13.8 Å². The van der Waals surface area contributed by atoms with E-state index < -0.39 is 0 Å². The summed E-state index contributed by atoms with van der Waals surface area (Å²) in [7, 11) is 0. The van der Waals surface area contributed by atoms with Crippen LogP contribution in [0.3, 0.4) is 0 Å². The molecule has 1 fully saturated rings. The molecule has 0 spiro atoms. The van der Waals surface area contributed by atoms with Crippen LogP contribution in [0.15, 0.2) is 22.8 Å². The van der Waals surface area contributed by atoms with E-state index in [0.717, 1.165) is 25.2 Å². The summed E-state index contributed by atoms with van der Waals surface area (Å²) in [6.45, 7) is 4.52. The van der Waals surface area contributed by atoms with Gasteiger partial charge >= 0.3 is 0 Å². The van der Waals surface area contributed by atoms with Crippen LogP contribution in [0.4, 0.5) is 0 Å². The summed E-state index contributed by atoms with van der Waals surface area (Å²) in [6.07, 6.45) is 4.77. The van der Waals surface area contributed by atoms with Gasteiger partial charge in [-0.15, -0.1) is 0 Å². The van der Waals surface area contributed by atoms with Crippen molar-refractivity contribution in [2.24, 2.45) is 17.8 Å². The van der Waals surface area contributed by atoms with Gasteiger partial charge in [-0.1, -0.05) is 13.8 Å². The molecular formula is C13H18O2. The highest BCUT2D eigenvalue weighted by molar-refractivity contribution is 5.95. The zero-order chi connectivity index (χ0) is 10.8. The lowest BCUT2D eigenvalue weighted by atomic mass is 9.74. The van der Waals surface area contributed by atoms with E-state index in [1.165, 1.54) is 0 Å². The maximum atomic E-state index is 12.0. The van der Waals surface area contributed by atoms with E-state index in [4.69, 9.17) is 4.42 Å². The summed E-state index contributed by atoms with van der Waals surface area (Å²) in [4.78, 5) is 12.0. The van der Waals surface area contributed by atoms with Crippen molar-refractivity contribution in [2.75, 3.05) is 0 Å². The first-order valence-electron chi connectivity index (χ1n) is 5.76. The fraction of sp³-hybridized carbons (Fsp3) is 0.615. The topological polar surface area (TPSA) is 30.2 Å². The molecule has 0 amide bonds. The Morgan fingerprint density at radius 2 is 2.13 bits per heavy atom. The minimum atomic E-state index is 0.183. The van der Waals surface area contributed by atoms with E-state index in [1.807, 2.05) is 0 Å². The molecule has 1 aliphatic rings. The number of furan rings is 1. The van der Waals surface area contributed by atoms with Crippen molar-refractivity contribution in [3.8, 4) is 0 Å². The van der Waals surface area contributed by atoms with Gasteiger partial charge in [-0.05, 0) is 43.2 Å². The van der Waals surface area contributed by atoms with Crippen LogP contribution in [0.5, 0.6) is 0 Å². The van der Waals surface area contributed by atoms with Crippen LogP contribution in [0.25, 0.3) is 0 Å². The Hall–Kier alpha value is -1.05. The van der Waals surface area contributed by atoms with Crippen molar-refractivity contribution in [3.05, 3.63) is 24.2 Å². The minimum absolute atomic E-state index is 0.183. The van der Waals surface area contributed by atoms with Gasteiger partial charge in [0.25, 0.3) is 0 Å². The van der Waals surface area contributed by atoms with Crippen molar-refractivity contribution in [1.82, 2.24) is 0 Å². The molecule has 3 atom stereocenters. The highest BCUT2D eigenvalue weighted by Crippen LogP contribution is 2.34. The van der Waals surface area contributed by atoms with Crippen molar-refractivity contribution >= 4 is 5.78 Å². The normalized spacial score (nSPS) is 31.5. The van der Waals surface area contributed by atoms with Crippen LogP contribution >= 0.6 is 0 Å². The number of carbonyl (C=O) groups is 1. The maximum Gasteiger partial charge on any atom is 0.201 e. The summed E-state index contributed by atoms with van der Waals surface area (Å²) >= 11 is 0. The van der Waals surface area contributed by atoms with Gasteiger partial charge in [-0.25, -0.2) is 0 Å². The Morgan fingerprint density at radius 3 is 2.73 bits per heavy atom. The molecule has 1 saturated carbocycles. The van der Waals surface area contributed by atoms with E-state index in [1.54, 1.807) is 18.4 Å². The second-order valence-corrected chi connectivity index (χ2v) is 4.81. The lowest BCUT2D eigenvalue weighted by Crippen LogP contribution is -2.26. The highest BCUT2D eigenvalue weighted by Gasteiger charge is 2.30. The summed E-state index contributed by atoms with van der Waals surface area (Å²) in [5, 5.41) is 0. The Balaban J connectivity index is 2.03. The average Bonchev–Trinajstić information content (AvgIpc) is 2.74. The smallest absolute Gasteiger partial charge is 0.201 e. The fourth-order valence-corrected chi connectivity index (χ4v) is 2.41. The second kappa shape index (κ2) is 4.21. The van der Waals surface area contributed by atoms with Gasteiger partial charge in [0.05, 0.1) is 6.26 Å². The zero-order valence-corrected chi connectivity index (χ0v) is 9.40. The Morgan fingerprint density at radius 1 is 1.33 bits per heavy atom. The molecule has 2 rings (SSSR count). The summed E-state index contributed by atoms with van der Waals surface area (Å²) in [6, 6.07) is 3.55. The quantitative estimate of drug-likeness (QED) is 0.693.